The topological polar surface area (TPSA) is 64.9 Å². The minimum absolute atomic E-state index is 0.161. The van der Waals surface area contributed by atoms with Crippen molar-refractivity contribution in [2.24, 2.45) is 5.73 Å². The van der Waals surface area contributed by atoms with Gasteiger partial charge in [0.25, 0.3) is 0 Å². The van der Waals surface area contributed by atoms with Crippen LogP contribution < -0.4 is 5.73 Å². The first kappa shape index (κ1) is 6.22. The largest absolute Gasteiger partial charge is 0.424 e. The van der Waals surface area contributed by atoms with Gasteiger partial charge in [0.2, 0.25) is 11.8 Å². The first-order chi connectivity index (χ1) is 4.20. The molecule has 0 spiro atoms. The number of rotatable bonds is 1. The smallest absolute Gasteiger partial charge is 0.232 e. The molecular formula is C5H9N3O. The molecule has 0 amide bonds. The van der Waals surface area contributed by atoms with Gasteiger partial charge in [-0.2, -0.15) is 0 Å². The van der Waals surface area contributed by atoms with Gasteiger partial charge in [-0.15, -0.1) is 10.2 Å². The zero-order valence-corrected chi connectivity index (χ0v) is 5.46. The van der Waals surface area contributed by atoms with Crippen LogP contribution in [0.1, 0.15) is 24.7 Å². The normalized spacial score (nSPS) is 13.7. The van der Waals surface area contributed by atoms with Gasteiger partial charge in [-0.05, 0) is 6.92 Å². The summed E-state index contributed by atoms with van der Waals surface area (Å²) in [5.74, 6) is 1.05. The van der Waals surface area contributed by atoms with E-state index in [1.807, 2.05) is 0 Å². The van der Waals surface area contributed by atoms with Crippen LogP contribution in [0.25, 0.3) is 0 Å². The van der Waals surface area contributed by atoms with Crippen molar-refractivity contribution < 1.29 is 4.42 Å². The van der Waals surface area contributed by atoms with Crippen molar-refractivity contribution in [3.8, 4) is 0 Å². The zero-order valence-electron chi connectivity index (χ0n) is 5.46. The predicted octanol–water partition coefficient (Wildman–Crippen LogP) is 0.398. The monoisotopic (exact) mass is 127 g/mol. The molecule has 1 unspecified atom stereocenters. The highest BCUT2D eigenvalue weighted by Crippen LogP contribution is 2.05. The quantitative estimate of drug-likeness (QED) is 0.593. The van der Waals surface area contributed by atoms with Crippen molar-refractivity contribution in [1.82, 2.24) is 10.2 Å². The molecule has 0 saturated heterocycles. The standard InChI is InChI=1S/C5H9N3O/c1-3(6)5-8-7-4(2)9-5/h3H,6H2,1-2H3. The number of hydrogen-bond donors (Lipinski definition) is 1. The van der Waals surface area contributed by atoms with E-state index in [-0.39, 0.29) is 6.04 Å². The SMILES string of the molecule is Cc1nnc(C(C)N)o1. The predicted molar refractivity (Wildman–Crippen MR) is 31.6 cm³/mol. The maximum Gasteiger partial charge on any atom is 0.232 e. The molecule has 0 saturated carbocycles. The average molecular weight is 127 g/mol. The lowest BCUT2D eigenvalue weighted by Gasteiger charge is -1.92. The molecule has 0 aliphatic carbocycles. The third-order valence-electron chi connectivity index (χ3n) is 0.931. The molecule has 1 rings (SSSR count). The Morgan fingerprint density at radius 3 is 2.44 bits per heavy atom. The molecule has 0 radical (unpaired) electrons. The van der Waals surface area contributed by atoms with Gasteiger partial charge in [0.15, 0.2) is 0 Å². The fourth-order valence-electron chi connectivity index (χ4n) is 0.496. The van der Waals surface area contributed by atoms with Gasteiger partial charge >= 0.3 is 0 Å². The average Bonchev–Trinajstić information content (AvgIpc) is 2.14. The van der Waals surface area contributed by atoms with E-state index in [4.69, 9.17) is 10.2 Å². The van der Waals surface area contributed by atoms with Crippen molar-refractivity contribution in [3.63, 3.8) is 0 Å². The Morgan fingerprint density at radius 2 is 2.22 bits per heavy atom. The first-order valence-electron chi connectivity index (χ1n) is 2.75. The molecule has 1 atom stereocenters. The second kappa shape index (κ2) is 2.14. The van der Waals surface area contributed by atoms with Gasteiger partial charge in [-0.25, -0.2) is 0 Å². The van der Waals surface area contributed by atoms with Crippen LogP contribution in [-0.4, -0.2) is 10.2 Å². The van der Waals surface area contributed by atoms with Crippen molar-refractivity contribution >= 4 is 0 Å². The van der Waals surface area contributed by atoms with Gasteiger partial charge in [0.1, 0.15) is 0 Å². The Balaban J connectivity index is 2.85. The molecule has 0 aliphatic heterocycles. The molecule has 50 valence electrons. The van der Waals surface area contributed by atoms with Crippen LogP contribution in [0.2, 0.25) is 0 Å². The van der Waals surface area contributed by atoms with E-state index in [2.05, 4.69) is 10.2 Å². The lowest BCUT2D eigenvalue weighted by atomic mass is 10.4. The summed E-state index contributed by atoms with van der Waals surface area (Å²) in [6.45, 7) is 3.53. The van der Waals surface area contributed by atoms with Gasteiger partial charge in [-0.1, -0.05) is 0 Å². The Labute approximate surface area is 53.1 Å². The molecular weight excluding hydrogens is 118 g/mol. The van der Waals surface area contributed by atoms with Crippen molar-refractivity contribution in [1.29, 1.82) is 0 Å². The Morgan fingerprint density at radius 1 is 1.56 bits per heavy atom. The number of aromatic nitrogens is 2. The van der Waals surface area contributed by atoms with Gasteiger partial charge in [0.05, 0.1) is 6.04 Å². The minimum Gasteiger partial charge on any atom is -0.424 e. The maximum atomic E-state index is 5.43. The zero-order chi connectivity index (χ0) is 6.85. The lowest BCUT2D eigenvalue weighted by molar-refractivity contribution is 0.442. The molecule has 2 N–H and O–H groups in total. The second-order valence-electron chi connectivity index (χ2n) is 1.95. The van der Waals surface area contributed by atoms with Crippen molar-refractivity contribution in [2.45, 2.75) is 19.9 Å². The van der Waals surface area contributed by atoms with Crippen LogP contribution in [0, 0.1) is 6.92 Å². The highest BCUT2D eigenvalue weighted by molar-refractivity contribution is 4.83. The van der Waals surface area contributed by atoms with E-state index in [1.165, 1.54) is 0 Å². The summed E-state index contributed by atoms with van der Waals surface area (Å²) in [5, 5.41) is 7.31. The van der Waals surface area contributed by atoms with E-state index in [1.54, 1.807) is 13.8 Å². The molecule has 1 aromatic heterocycles. The molecule has 1 aromatic rings. The summed E-state index contributed by atoms with van der Waals surface area (Å²) < 4.78 is 5.00. The van der Waals surface area contributed by atoms with Crippen LogP contribution in [0.3, 0.4) is 0 Å². The van der Waals surface area contributed by atoms with E-state index in [0.717, 1.165) is 0 Å². The molecule has 4 heteroatoms. The highest BCUT2D eigenvalue weighted by atomic mass is 16.4. The first-order valence-corrected chi connectivity index (χ1v) is 2.75. The Kier molecular flexibility index (Phi) is 1.48. The number of nitrogens with two attached hydrogens (primary N) is 1. The minimum atomic E-state index is -0.161. The van der Waals surface area contributed by atoms with Crippen LogP contribution in [-0.2, 0) is 0 Å². The number of hydrogen-bond acceptors (Lipinski definition) is 4. The van der Waals surface area contributed by atoms with Crippen LogP contribution >= 0.6 is 0 Å². The maximum absolute atomic E-state index is 5.43. The summed E-state index contributed by atoms with van der Waals surface area (Å²) in [7, 11) is 0. The summed E-state index contributed by atoms with van der Waals surface area (Å²) in [4.78, 5) is 0. The van der Waals surface area contributed by atoms with E-state index < -0.39 is 0 Å². The van der Waals surface area contributed by atoms with Gasteiger partial charge in [0, 0.05) is 6.92 Å². The fourth-order valence-corrected chi connectivity index (χ4v) is 0.496. The Hall–Kier alpha value is -0.900. The molecule has 4 nitrogen and oxygen atoms in total. The van der Waals surface area contributed by atoms with Crippen molar-refractivity contribution in [3.05, 3.63) is 11.8 Å². The van der Waals surface area contributed by atoms with Crippen LogP contribution in [0.15, 0.2) is 4.42 Å². The third kappa shape index (κ3) is 1.26. The van der Waals surface area contributed by atoms with E-state index >= 15 is 0 Å². The molecule has 0 aliphatic rings. The van der Waals surface area contributed by atoms with Gasteiger partial charge in [-0.3, -0.25) is 0 Å². The second-order valence-corrected chi connectivity index (χ2v) is 1.95. The van der Waals surface area contributed by atoms with Crippen molar-refractivity contribution in [2.75, 3.05) is 0 Å². The molecule has 0 fully saturated rings. The highest BCUT2D eigenvalue weighted by Gasteiger charge is 2.05. The summed E-state index contributed by atoms with van der Waals surface area (Å²) in [5.41, 5.74) is 5.43. The Bertz CT molecular complexity index is 194. The van der Waals surface area contributed by atoms with Gasteiger partial charge < -0.3 is 10.2 Å². The summed E-state index contributed by atoms with van der Waals surface area (Å²) in [6, 6.07) is -0.161. The lowest BCUT2D eigenvalue weighted by Crippen LogP contribution is -2.04. The number of aryl methyl sites for hydroxylation is 1. The van der Waals surface area contributed by atoms with E-state index in [0.29, 0.717) is 11.8 Å². The van der Waals surface area contributed by atoms with Crippen LogP contribution in [0.5, 0.6) is 0 Å². The number of nitrogens with zero attached hydrogens (tertiary/aromatic N) is 2. The summed E-state index contributed by atoms with van der Waals surface area (Å²) >= 11 is 0. The van der Waals surface area contributed by atoms with E-state index in [9.17, 15) is 0 Å². The van der Waals surface area contributed by atoms with Crippen LogP contribution in [0.4, 0.5) is 0 Å². The third-order valence-corrected chi connectivity index (χ3v) is 0.931. The molecule has 0 bridgehead atoms. The fraction of sp³-hybridized carbons (Fsp3) is 0.600. The summed E-state index contributed by atoms with van der Waals surface area (Å²) in [6.07, 6.45) is 0. The molecule has 1 heterocycles. The molecule has 9 heavy (non-hydrogen) atoms. The molecule has 0 aromatic carbocycles.